The molecule has 110 valence electrons. The fraction of sp³-hybridized carbons (Fsp3) is 0.462. The number of carboxylic acid groups (broad SMARTS) is 1. The topological polar surface area (TPSA) is 113 Å². The molecule has 1 aromatic carbocycles. The molecule has 1 aromatic rings. The van der Waals surface area contributed by atoms with Crippen LogP contribution in [0.3, 0.4) is 0 Å². The maximum atomic E-state index is 11.2. The van der Waals surface area contributed by atoms with Gasteiger partial charge in [0.1, 0.15) is 5.56 Å². The molecule has 0 saturated carbocycles. The lowest BCUT2D eigenvalue weighted by molar-refractivity contribution is -0.385. The van der Waals surface area contributed by atoms with Gasteiger partial charge in [0, 0.05) is 12.6 Å². The maximum absolute atomic E-state index is 11.2. The van der Waals surface area contributed by atoms with Crippen LogP contribution in [0, 0.1) is 10.1 Å². The average Bonchev–Trinajstić information content (AvgIpc) is 2.42. The molecule has 0 saturated heterocycles. The number of nitrogens with zero attached hydrogens (tertiary/aromatic N) is 1. The molecule has 0 heterocycles. The number of benzene rings is 1. The van der Waals surface area contributed by atoms with Crippen molar-refractivity contribution in [1.29, 1.82) is 0 Å². The maximum Gasteiger partial charge on any atom is 0.343 e. The quantitative estimate of drug-likeness (QED) is 0.379. The van der Waals surface area contributed by atoms with Gasteiger partial charge < -0.3 is 15.5 Å². The van der Waals surface area contributed by atoms with E-state index < -0.39 is 22.7 Å². The molecule has 1 atom stereocenters. The Bertz CT molecular complexity index is 490. The Kier molecular flexibility index (Phi) is 6.08. The molecule has 0 aliphatic carbocycles. The number of aliphatic hydroxyl groups is 1. The Morgan fingerprint density at radius 2 is 2.20 bits per heavy atom. The molecule has 1 unspecified atom stereocenters. The summed E-state index contributed by atoms with van der Waals surface area (Å²) in [7, 11) is 0. The molecule has 0 radical (unpaired) electrons. The standard InChI is InChI=1S/C13H18N2O5/c1-2-10(16)6-7-14-8-9-4-3-5-11(15(19)20)12(9)13(17)18/h3-5,10,14,16H,2,6-8H2,1H3,(H,17,18). The molecule has 20 heavy (non-hydrogen) atoms. The van der Waals surface area contributed by atoms with E-state index in [0.29, 0.717) is 24.9 Å². The van der Waals surface area contributed by atoms with E-state index in [4.69, 9.17) is 5.11 Å². The smallest absolute Gasteiger partial charge is 0.343 e. The Hall–Kier alpha value is -1.99. The second-order valence-electron chi connectivity index (χ2n) is 4.40. The number of aromatic carboxylic acids is 1. The van der Waals surface area contributed by atoms with Gasteiger partial charge in [0.25, 0.3) is 5.69 Å². The summed E-state index contributed by atoms with van der Waals surface area (Å²) in [5, 5.41) is 32.3. The van der Waals surface area contributed by atoms with Gasteiger partial charge in [-0.15, -0.1) is 0 Å². The monoisotopic (exact) mass is 282 g/mol. The van der Waals surface area contributed by atoms with E-state index in [1.165, 1.54) is 12.1 Å². The summed E-state index contributed by atoms with van der Waals surface area (Å²) in [5.74, 6) is -1.32. The molecule has 0 spiro atoms. The van der Waals surface area contributed by atoms with Crippen molar-refractivity contribution >= 4 is 11.7 Å². The van der Waals surface area contributed by atoms with Crippen molar-refractivity contribution in [1.82, 2.24) is 5.32 Å². The number of rotatable bonds is 8. The second-order valence-corrected chi connectivity index (χ2v) is 4.40. The molecule has 3 N–H and O–H groups in total. The number of aliphatic hydroxyl groups excluding tert-OH is 1. The van der Waals surface area contributed by atoms with E-state index in [1.807, 2.05) is 6.92 Å². The van der Waals surface area contributed by atoms with Crippen LogP contribution >= 0.6 is 0 Å². The lowest BCUT2D eigenvalue weighted by Crippen LogP contribution is -2.21. The molecular formula is C13H18N2O5. The van der Waals surface area contributed by atoms with Gasteiger partial charge in [-0.3, -0.25) is 10.1 Å². The number of hydrogen-bond acceptors (Lipinski definition) is 5. The third-order valence-electron chi connectivity index (χ3n) is 2.98. The summed E-state index contributed by atoms with van der Waals surface area (Å²) in [6.07, 6.45) is 0.804. The van der Waals surface area contributed by atoms with Crippen LogP contribution in [0.2, 0.25) is 0 Å². The van der Waals surface area contributed by atoms with E-state index >= 15 is 0 Å². The van der Waals surface area contributed by atoms with Crippen LogP contribution in [0.15, 0.2) is 18.2 Å². The summed E-state index contributed by atoms with van der Waals surface area (Å²) in [5.41, 5.74) is -0.343. The van der Waals surface area contributed by atoms with Crippen molar-refractivity contribution in [2.45, 2.75) is 32.4 Å². The number of hydrogen-bond donors (Lipinski definition) is 3. The van der Waals surface area contributed by atoms with Gasteiger partial charge in [0.2, 0.25) is 0 Å². The molecule has 0 aliphatic heterocycles. The lowest BCUT2D eigenvalue weighted by atomic mass is 10.1. The first-order valence-electron chi connectivity index (χ1n) is 6.35. The summed E-state index contributed by atoms with van der Waals surface area (Å²) in [4.78, 5) is 21.3. The fourth-order valence-corrected chi connectivity index (χ4v) is 1.83. The average molecular weight is 282 g/mol. The molecule has 7 nitrogen and oxygen atoms in total. The molecule has 0 aliphatic rings. The van der Waals surface area contributed by atoms with Crippen molar-refractivity contribution in [3.05, 3.63) is 39.4 Å². The molecule has 0 bridgehead atoms. The van der Waals surface area contributed by atoms with E-state index in [9.17, 15) is 20.0 Å². The van der Waals surface area contributed by atoms with Crippen LogP contribution in [0.1, 0.15) is 35.7 Å². The first-order valence-corrected chi connectivity index (χ1v) is 6.35. The van der Waals surface area contributed by atoms with Crippen molar-refractivity contribution in [2.75, 3.05) is 6.54 Å². The third-order valence-corrected chi connectivity index (χ3v) is 2.98. The van der Waals surface area contributed by atoms with E-state index in [0.717, 1.165) is 0 Å². The highest BCUT2D eigenvalue weighted by Gasteiger charge is 2.22. The van der Waals surface area contributed by atoms with Crippen molar-refractivity contribution in [3.8, 4) is 0 Å². The third kappa shape index (κ3) is 4.29. The fourth-order valence-electron chi connectivity index (χ4n) is 1.83. The summed E-state index contributed by atoms with van der Waals surface area (Å²) >= 11 is 0. The number of nitro benzene ring substituents is 1. The SMILES string of the molecule is CCC(O)CCNCc1cccc([N+](=O)[O-])c1C(=O)O. The lowest BCUT2D eigenvalue weighted by Gasteiger charge is -2.10. The summed E-state index contributed by atoms with van der Waals surface area (Å²) < 4.78 is 0. The van der Waals surface area contributed by atoms with E-state index in [1.54, 1.807) is 6.07 Å². The highest BCUT2D eigenvalue weighted by Crippen LogP contribution is 2.22. The number of nitro groups is 1. The van der Waals surface area contributed by atoms with Gasteiger partial charge >= 0.3 is 5.97 Å². The van der Waals surface area contributed by atoms with Gasteiger partial charge in [-0.05, 0) is 24.9 Å². The van der Waals surface area contributed by atoms with Crippen molar-refractivity contribution < 1.29 is 19.9 Å². The Morgan fingerprint density at radius 1 is 1.50 bits per heavy atom. The van der Waals surface area contributed by atoms with Gasteiger partial charge in [0.05, 0.1) is 11.0 Å². The predicted molar refractivity (Wildman–Crippen MR) is 72.7 cm³/mol. The van der Waals surface area contributed by atoms with Crippen LogP contribution < -0.4 is 5.32 Å². The minimum atomic E-state index is -1.32. The number of nitrogens with one attached hydrogen (secondary N) is 1. The van der Waals surface area contributed by atoms with E-state index in [2.05, 4.69) is 5.32 Å². The van der Waals surface area contributed by atoms with Crippen LogP contribution in [0.25, 0.3) is 0 Å². The minimum Gasteiger partial charge on any atom is -0.477 e. The molecule has 1 rings (SSSR count). The first-order chi connectivity index (χ1) is 9.47. The predicted octanol–water partition coefficient (Wildman–Crippen LogP) is 1.54. The molecule has 0 aromatic heterocycles. The zero-order chi connectivity index (χ0) is 15.1. The van der Waals surface area contributed by atoms with Gasteiger partial charge in [-0.1, -0.05) is 19.1 Å². The highest BCUT2D eigenvalue weighted by atomic mass is 16.6. The first kappa shape index (κ1) is 16.1. The molecular weight excluding hydrogens is 264 g/mol. The van der Waals surface area contributed by atoms with Crippen LogP contribution in [0.4, 0.5) is 5.69 Å². The normalized spacial score (nSPS) is 12.1. The van der Waals surface area contributed by atoms with Crippen molar-refractivity contribution in [2.24, 2.45) is 0 Å². The number of carboxylic acids is 1. The van der Waals surface area contributed by atoms with Crippen molar-refractivity contribution in [3.63, 3.8) is 0 Å². The largest absolute Gasteiger partial charge is 0.477 e. The van der Waals surface area contributed by atoms with Crippen LogP contribution in [-0.2, 0) is 6.54 Å². The molecule has 0 fully saturated rings. The highest BCUT2D eigenvalue weighted by molar-refractivity contribution is 5.94. The second kappa shape index (κ2) is 7.56. The molecule has 0 amide bonds. The minimum absolute atomic E-state index is 0.208. The number of carbonyl (C=O) groups is 1. The van der Waals surface area contributed by atoms with Gasteiger partial charge in [-0.25, -0.2) is 4.79 Å². The van der Waals surface area contributed by atoms with E-state index in [-0.39, 0.29) is 12.1 Å². The molecule has 7 heteroatoms. The Balaban J connectivity index is 2.77. The van der Waals surface area contributed by atoms with Crippen LogP contribution in [-0.4, -0.2) is 33.8 Å². The summed E-state index contributed by atoms with van der Waals surface area (Å²) in [6, 6.07) is 4.18. The zero-order valence-corrected chi connectivity index (χ0v) is 11.2. The van der Waals surface area contributed by atoms with Gasteiger partial charge in [0.15, 0.2) is 0 Å². The van der Waals surface area contributed by atoms with Gasteiger partial charge in [-0.2, -0.15) is 0 Å². The Morgan fingerprint density at radius 3 is 2.75 bits per heavy atom. The van der Waals surface area contributed by atoms with Crippen LogP contribution in [0.5, 0.6) is 0 Å². The zero-order valence-electron chi connectivity index (χ0n) is 11.2. The summed E-state index contributed by atoms with van der Waals surface area (Å²) in [6.45, 7) is 2.59. The Labute approximate surface area is 116 Å².